The van der Waals surface area contributed by atoms with Crippen molar-refractivity contribution < 1.29 is 27.4 Å². The van der Waals surface area contributed by atoms with Crippen LogP contribution in [0.3, 0.4) is 0 Å². The van der Waals surface area contributed by atoms with Crippen LogP contribution in [-0.2, 0) is 34.4 Å². The smallest absolute Gasteiger partial charge is 0.255 e. The molecule has 3 aromatic carbocycles. The number of hydrogen-bond donors (Lipinski definition) is 2. The van der Waals surface area contributed by atoms with Gasteiger partial charge >= 0.3 is 0 Å². The average Bonchev–Trinajstić information content (AvgIpc) is 3.40. The summed E-state index contributed by atoms with van der Waals surface area (Å²) < 4.78 is 47.3. The Balaban J connectivity index is 1.19. The molecule has 2 aliphatic rings. The maximum atomic E-state index is 13.8. The molecule has 0 radical (unpaired) electrons. The molecular weight excluding hydrogens is 636 g/mol. The highest BCUT2D eigenvalue weighted by molar-refractivity contribution is 7.91. The number of ether oxygens (including phenoxy) is 3. The monoisotopic (exact) mass is 668 g/mol. The van der Waals surface area contributed by atoms with Crippen LogP contribution in [0, 0.1) is 13.8 Å². The van der Waals surface area contributed by atoms with Crippen LogP contribution in [0.15, 0.2) is 58.8 Å². The number of benzene rings is 3. The van der Waals surface area contributed by atoms with E-state index in [4.69, 9.17) is 31.5 Å². The largest absolute Gasteiger partial charge is 0.489 e. The number of thiazole rings is 1. The molecule has 45 heavy (non-hydrogen) atoms. The second kappa shape index (κ2) is 12.5. The number of amides is 1. The Labute approximate surface area is 271 Å². The summed E-state index contributed by atoms with van der Waals surface area (Å²) in [6, 6.07) is 16.0. The number of nitrogens with zero attached hydrogens (tertiary/aromatic N) is 2. The van der Waals surface area contributed by atoms with Gasteiger partial charge in [-0.05, 0) is 85.3 Å². The van der Waals surface area contributed by atoms with E-state index in [-0.39, 0.29) is 29.9 Å². The van der Waals surface area contributed by atoms with Gasteiger partial charge in [-0.15, -0.1) is 0 Å². The van der Waals surface area contributed by atoms with E-state index in [2.05, 4.69) is 10.3 Å². The van der Waals surface area contributed by atoms with Gasteiger partial charge in [-0.25, -0.2) is 13.4 Å². The molecular formula is C32H33ClN4O6S2. The maximum absolute atomic E-state index is 13.8. The fourth-order valence-electron chi connectivity index (χ4n) is 5.41. The molecule has 1 aromatic heterocycles. The minimum atomic E-state index is -4.07. The minimum absolute atomic E-state index is 0.0430. The fraction of sp³-hybridized carbons (Fsp3) is 0.312. The Morgan fingerprint density at radius 1 is 1.13 bits per heavy atom. The molecule has 0 saturated carbocycles. The van der Waals surface area contributed by atoms with Gasteiger partial charge in [-0.3, -0.25) is 4.79 Å². The molecule has 1 unspecified atom stereocenters. The van der Waals surface area contributed by atoms with Crippen molar-refractivity contribution in [2.24, 2.45) is 5.73 Å². The molecule has 2 atom stereocenters. The van der Waals surface area contributed by atoms with Gasteiger partial charge in [0.25, 0.3) is 10.0 Å². The Kier molecular flexibility index (Phi) is 8.66. The molecule has 0 fully saturated rings. The Morgan fingerprint density at radius 3 is 2.60 bits per heavy atom. The zero-order chi connectivity index (χ0) is 31.9. The number of carbonyl (C=O) groups excluding carboxylic acids is 1. The van der Waals surface area contributed by atoms with Crippen molar-refractivity contribution in [2.75, 3.05) is 18.5 Å². The number of primary amides is 1. The number of nitrogens with two attached hydrogens (primary N) is 1. The van der Waals surface area contributed by atoms with E-state index in [9.17, 15) is 13.2 Å². The van der Waals surface area contributed by atoms with Crippen LogP contribution >= 0.6 is 22.9 Å². The van der Waals surface area contributed by atoms with Crippen LogP contribution < -0.4 is 25.3 Å². The SMILES string of the molecule is CCNc1nc(C)c(S(=O)(=O)N2Cc3cc4c(cc3C[C@H]2C(N)=O)OCC(c2ccc(OCc3ccc(C)c(Cl)c3)cc2)O4)s1. The summed E-state index contributed by atoms with van der Waals surface area (Å²) in [4.78, 5) is 16.9. The van der Waals surface area contributed by atoms with Crippen LogP contribution in [0.5, 0.6) is 17.2 Å². The first-order valence-corrected chi connectivity index (χ1v) is 17.1. The predicted molar refractivity (Wildman–Crippen MR) is 173 cm³/mol. The molecule has 0 spiro atoms. The summed E-state index contributed by atoms with van der Waals surface area (Å²) in [5, 5.41) is 4.26. The van der Waals surface area contributed by atoms with Gasteiger partial charge in [0.1, 0.15) is 25.0 Å². The summed E-state index contributed by atoms with van der Waals surface area (Å²) in [5.41, 5.74) is 10.5. The van der Waals surface area contributed by atoms with Crippen molar-refractivity contribution in [1.82, 2.24) is 9.29 Å². The number of rotatable bonds is 9. The highest BCUT2D eigenvalue weighted by Crippen LogP contribution is 2.42. The van der Waals surface area contributed by atoms with Gasteiger partial charge in [-0.1, -0.05) is 47.2 Å². The lowest BCUT2D eigenvalue weighted by molar-refractivity contribution is -0.122. The lowest BCUT2D eigenvalue weighted by Crippen LogP contribution is -2.51. The summed E-state index contributed by atoms with van der Waals surface area (Å²) in [6.07, 6.45) is -0.260. The third kappa shape index (κ3) is 6.32. The van der Waals surface area contributed by atoms with Crippen LogP contribution in [0.4, 0.5) is 5.13 Å². The standard InChI is InChI=1S/C32H33ClN4O6S2/c1-4-35-32-36-19(3)31(44-32)45(39,40)37-15-23-14-28-27(13-22(23)12-26(37)30(34)38)42-17-29(43-28)21-7-9-24(10-8-21)41-16-20-6-5-18(2)25(33)11-20/h5-11,13-14,26,29H,4,12,15-17H2,1-3H3,(H2,34,38)(H,35,36)/t26-,29?/m0/s1. The minimum Gasteiger partial charge on any atom is -0.489 e. The lowest BCUT2D eigenvalue weighted by Gasteiger charge is -2.35. The number of nitrogens with one attached hydrogen (secondary N) is 1. The summed E-state index contributed by atoms with van der Waals surface area (Å²) in [7, 11) is -4.07. The van der Waals surface area contributed by atoms with E-state index in [0.717, 1.165) is 33.6 Å². The summed E-state index contributed by atoms with van der Waals surface area (Å²) >= 11 is 7.27. The molecule has 0 bridgehead atoms. The number of halogens is 1. The van der Waals surface area contributed by atoms with Crippen LogP contribution in [0.25, 0.3) is 0 Å². The topological polar surface area (TPSA) is 133 Å². The fourth-order valence-corrected chi connectivity index (χ4v) is 8.78. The van der Waals surface area contributed by atoms with Gasteiger partial charge in [-0.2, -0.15) is 4.31 Å². The molecule has 236 valence electrons. The highest BCUT2D eigenvalue weighted by Gasteiger charge is 2.41. The molecule has 0 saturated heterocycles. The number of carbonyl (C=O) groups is 1. The number of aryl methyl sites for hydroxylation is 2. The summed E-state index contributed by atoms with van der Waals surface area (Å²) in [6.45, 7) is 6.74. The molecule has 0 aliphatic carbocycles. The Bertz CT molecular complexity index is 1860. The molecule has 1 amide bonds. The van der Waals surface area contributed by atoms with Crippen molar-refractivity contribution >= 4 is 44.0 Å². The molecule has 3 heterocycles. The number of sulfonamides is 1. The molecule has 2 aliphatic heterocycles. The van der Waals surface area contributed by atoms with E-state index in [1.54, 1.807) is 13.0 Å². The Hall–Kier alpha value is -3.84. The lowest BCUT2D eigenvalue weighted by atomic mass is 9.94. The molecule has 3 N–H and O–H groups in total. The molecule has 13 heteroatoms. The third-order valence-corrected chi connectivity index (χ3v) is 11.8. The number of hydrogen-bond acceptors (Lipinski definition) is 9. The Morgan fingerprint density at radius 2 is 1.89 bits per heavy atom. The van der Waals surface area contributed by atoms with Crippen molar-refractivity contribution in [3.63, 3.8) is 0 Å². The van der Waals surface area contributed by atoms with E-state index < -0.39 is 22.0 Å². The predicted octanol–water partition coefficient (Wildman–Crippen LogP) is 5.54. The van der Waals surface area contributed by atoms with Crippen molar-refractivity contribution in [2.45, 2.75) is 56.7 Å². The second-order valence-corrected chi connectivity index (χ2v) is 14.5. The highest BCUT2D eigenvalue weighted by atomic mass is 35.5. The van der Waals surface area contributed by atoms with E-state index in [0.29, 0.717) is 51.8 Å². The first-order chi connectivity index (χ1) is 21.5. The summed E-state index contributed by atoms with van der Waals surface area (Å²) in [5.74, 6) is 1.03. The first kappa shape index (κ1) is 31.2. The van der Waals surface area contributed by atoms with Crippen molar-refractivity contribution in [3.8, 4) is 17.2 Å². The molecule has 6 rings (SSSR count). The van der Waals surface area contributed by atoms with Gasteiger partial charge in [0.2, 0.25) is 5.91 Å². The van der Waals surface area contributed by atoms with E-state index in [1.807, 2.05) is 62.4 Å². The quantitative estimate of drug-likeness (QED) is 0.238. The van der Waals surface area contributed by atoms with Gasteiger partial charge < -0.3 is 25.3 Å². The average molecular weight is 669 g/mol. The maximum Gasteiger partial charge on any atom is 0.255 e. The number of fused-ring (bicyclic) bond motifs is 2. The molecule has 4 aromatic rings. The van der Waals surface area contributed by atoms with Gasteiger partial charge in [0, 0.05) is 18.1 Å². The zero-order valence-corrected chi connectivity index (χ0v) is 27.4. The van der Waals surface area contributed by atoms with Crippen LogP contribution in [-0.4, -0.2) is 42.8 Å². The van der Waals surface area contributed by atoms with Crippen LogP contribution in [0.2, 0.25) is 5.02 Å². The first-order valence-electron chi connectivity index (χ1n) is 14.5. The zero-order valence-electron chi connectivity index (χ0n) is 25.0. The normalized spacial score (nSPS) is 17.9. The van der Waals surface area contributed by atoms with E-state index in [1.165, 1.54) is 4.31 Å². The number of anilines is 1. The third-order valence-electron chi connectivity index (χ3n) is 7.86. The second-order valence-electron chi connectivity index (χ2n) is 11.0. The van der Waals surface area contributed by atoms with Gasteiger partial charge in [0.15, 0.2) is 26.9 Å². The van der Waals surface area contributed by atoms with Crippen molar-refractivity contribution in [3.05, 3.63) is 93.1 Å². The molecule has 10 nitrogen and oxygen atoms in total. The van der Waals surface area contributed by atoms with Gasteiger partial charge in [0.05, 0.1) is 5.69 Å². The van der Waals surface area contributed by atoms with E-state index >= 15 is 0 Å². The number of aromatic nitrogens is 1. The van der Waals surface area contributed by atoms with Crippen LogP contribution in [0.1, 0.15) is 46.5 Å². The van der Waals surface area contributed by atoms with Crippen molar-refractivity contribution in [1.29, 1.82) is 0 Å².